The summed E-state index contributed by atoms with van der Waals surface area (Å²) in [5.74, 6) is 0.172. The highest BCUT2D eigenvalue weighted by molar-refractivity contribution is 6.62. The molecule has 0 saturated carbocycles. The minimum Gasteiger partial charge on any atom is -0.506 e. The summed E-state index contributed by atoms with van der Waals surface area (Å²) in [5.41, 5.74) is 6.13. The van der Waals surface area contributed by atoms with Crippen LogP contribution in [0.3, 0.4) is 0 Å². The zero-order chi connectivity index (χ0) is 15.0. The second kappa shape index (κ2) is 5.28. The number of phenolic OH excluding ortho intramolecular Hbond substituents is 1. The van der Waals surface area contributed by atoms with Crippen LogP contribution in [0.4, 0.5) is 5.69 Å². The molecule has 1 heterocycles. The standard InChI is InChI=1S/C14H23BN2O3/c1-13(2)14(3,4)20-15(19-13)10-5-6-11(12(18)9-10)17-8-7-16/h5-6,9,17-18H,7-8,16H2,1-4H3. The van der Waals surface area contributed by atoms with Crippen molar-refractivity contribution >= 4 is 18.3 Å². The van der Waals surface area contributed by atoms with Gasteiger partial charge < -0.3 is 25.5 Å². The van der Waals surface area contributed by atoms with Crippen molar-refractivity contribution in [3.63, 3.8) is 0 Å². The van der Waals surface area contributed by atoms with E-state index < -0.39 is 7.12 Å². The molecule has 2 rings (SSSR count). The van der Waals surface area contributed by atoms with E-state index in [1.54, 1.807) is 6.07 Å². The Morgan fingerprint density at radius 3 is 2.30 bits per heavy atom. The Kier molecular flexibility index (Phi) is 4.00. The van der Waals surface area contributed by atoms with Crippen molar-refractivity contribution < 1.29 is 14.4 Å². The van der Waals surface area contributed by atoms with Crippen molar-refractivity contribution in [3.8, 4) is 5.75 Å². The number of benzene rings is 1. The van der Waals surface area contributed by atoms with E-state index in [4.69, 9.17) is 15.0 Å². The quantitative estimate of drug-likeness (QED) is 0.567. The van der Waals surface area contributed by atoms with Crippen LogP contribution in [0.2, 0.25) is 0 Å². The first-order valence-corrected chi connectivity index (χ1v) is 6.89. The van der Waals surface area contributed by atoms with Crippen LogP contribution in [-0.2, 0) is 9.31 Å². The molecule has 1 fully saturated rings. The SMILES string of the molecule is CC1(C)OB(c2ccc(NCCN)c(O)c2)OC1(C)C. The van der Waals surface area contributed by atoms with Gasteiger partial charge in [-0.15, -0.1) is 0 Å². The Balaban J connectivity index is 2.17. The van der Waals surface area contributed by atoms with Gasteiger partial charge in [-0.05, 0) is 45.3 Å². The molecule has 1 saturated heterocycles. The Labute approximate surface area is 120 Å². The molecule has 0 unspecified atom stereocenters. The second-order valence-electron chi connectivity index (χ2n) is 6.08. The number of nitrogens with two attached hydrogens (primary N) is 1. The fourth-order valence-corrected chi connectivity index (χ4v) is 2.03. The molecule has 4 N–H and O–H groups in total. The largest absolute Gasteiger partial charge is 0.506 e. The lowest BCUT2D eigenvalue weighted by Gasteiger charge is -2.32. The van der Waals surface area contributed by atoms with Crippen LogP contribution >= 0.6 is 0 Å². The molecule has 1 aliphatic rings. The van der Waals surface area contributed by atoms with Crippen molar-refractivity contribution in [2.75, 3.05) is 18.4 Å². The normalized spacial score (nSPS) is 20.1. The number of hydrogen-bond donors (Lipinski definition) is 3. The van der Waals surface area contributed by atoms with E-state index in [1.165, 1.54) is 0 Å². The first-order valence-electron chi connectivity index (χ1n) is 6.89. The summed E-state index contributed by atoms with van der Waals surface area (Å²) in [6.07, 6.45) is 0. The molecule has 20 heavy (non-hydrogen) atoms. The molecule has 0 amide bonds. The van der Waals surface area contributed by atoms with Gasteiger partial charge in [0, 0.05) is 13.1 Å². The maximum absolute atomic E-state index is 10.0. The van der Waals surface area contributed by atoms with E-state index >= 15 is 0 Å². The van der Waals surface area contributed by atoms with E-state index in [1.807, 2.05) is 39.8 Å². The van der Waals surface area contributed by atoms with Gasteiger partial charge in [0.2, 0.25) is 0 Å². The predicted octanol–water partition coefficient (Wildman–Crippen LogP) is 1.06. The molecule has 0 spiro atoms. The van der Waals surface area contributed by atoms with Crippen molar-refractivity contribution in [1.29, 1.82) is 0 Å². The van der Waals surface area contributed by atoms with Crippen molar-refractivity contribution in [3.05, 3.63) is 18.2 Å². The van der Waals surface area contributed by atoms with Gasteiger partial charge in [0.1, 0.15) is 5.75 Å². The average Bonchev–Trinajstić information content (AvgIpc) is 2.57. The summed E-state index contributed by atoms with van der Waals surface area (Å²) in [5, 5.41) is 13.1. The molecule has 1 aromatic carbocycles. The van der Waals surface area contributed by atoms with Crippen molar-refractivity contribution in [1.82, 2.24) is 0 Å². The Morgan fingerprint density at radius 1 is 1.20 bits per heavy atom. The summed E-state index contributed by atoms with van der Waals surface area (Å²) in [4.78, 5) is 0. The van der Waals surface area contributed by atoms with E-state index in [0.29, 0.717) is 18.8 Å². The van der Waals surface area contributed by atoms with Gasteiger partial charge in [-0.25, -0.2) is 0 Å². The lowest BCUT2D eigenvalue weighted by Crippen LogP contribution is -2.41. The Bertz CT molecular complexity index is 475. The maximum atomic E-state index is 10.0. The molecule has 0 bridgehead atoms. The molecular weight excluding hydrogens is 255 g/mol. The maximum Gasteiger partial charge on any atom is 0.494 e. The molecule has 0 atom stereocenters. The van der Waals surface area contributed by atoms with Gasteiger partial charge in [-0.2, -0.15) is 0 Å². The zero-order valence-electron chi connectivity index (χ0n) is 12.6. The van der Waals surface area contributed by atoms with Gasteiger partial charge >= 0.3 is 7.12 Å². The number of hydrogen-bond acceptors (Lipinski definition) is 5. The number of aromatic hydroxyl groups is 1. The van der Waals surface area contributed by atoms with E-state index in [9.17, 15) is 5.11 Å². The Hall–Kier alpha value is -1.24. The minimum absolute atomic E-state index is 0.172. The van der Waals surface area contributed by atoms with Crippen LogP contribution in [-0.4, -0.2) is 36.5 Å². The van der Waals surface area contributed by atoms with E-state index in [2.05, 4.69) is 5.32 Å². The molecule has 0 aliphatic carbocycles. The molecule has 5 nitrogen and oxygen atoms in total. The zero-order valence-corrected chi connectivity index (χ0v) is 12.6. The predicted molar refractivity (Wildman–Crippen MR) is 81.4 cm³/mol. The lowest BCUT2D eigenvalue weighted by molar-refractivity contribution is 0.00578. The van der Waals surface area contributed by atoms with Crippen LogP contribution in [0.1, 0.15) is 27.7 Å². The molecular formula is C14H23BN2O3. The molecule has 1 aliphatic heterocycles. The van der Waals surface area contributed by atoms with Crippen LogP contribution in [0, 0.1) is 0 Å². The highest BCUT2D eigenvalue weighted by Gasteiger charge is 2.51. The number of rotatable bonds is 4. The van der Waals surface area contributed by atoms with E-state index in [-0.39, 0.29) is 17.0 Å². The third-order valence-electron chi connectivity index (χ3n) is 4.01. The van der Waals surface area contributed by atoms with Gasteiger partial charge in [-0.3, -0.25) is 0 Å². The summed E-state index contributed by atoms with van der Waals surface area (Å²) in [6.45, 7) is 9.14. The summed E-state index contributed by atoms with van der Waals surface area (Å²) < 4.78 is 11.9. The van der Waals surface area contributed by atoms with Gasteiger partial charge in [-0.1, -0.05) is 6.07 Å². The highest BCUT2D eigenvalue weighted by atomic mass is 16.7. The van der Waals surface area contributed by atoms with Crippen LogP contribution in [0.5, 0.6) is 5.75 Å². The lowest BCUT2D eigenvalue weighted by atomic mass is 9.79. The monoisotopic (exact) mass is 278 g/mol. The van der Waals surface area contributed by atoms with Crippen LogP contribution in [0.15, 0.2) is 18.2 Å². The van der Waals surface area contributed by atoms with E-state index in [0.717, 1.165) is 5.46 Å². The number of anilines is 1. The summed E-state index contributed by atoms with van der Waals surface area (Å²) in [6, 6.07) is 5.37. The van der Waals surface area contributed by atoms with Crippen LogP contribution < -0.4 is 16.5 Å². The third kappa shape index (κ3) is 2.77. The topological polar surface area (TPSA) is 76.7 Å². The second-order valence-corrected chi connectivity index (χ2v) is 6.08. The highest BCUT2D eigenvalue weighted by Crippen LogP contribution is 2.36. The molecule has 1 aromatic rings. The fourth-order valence-electron chi connectivity index (χ4n) is 2.03. The Morgan fingerprint density at radius 2 is 1.80 bits per heavy atom. The molecule has 0 aromatic heterocycles. The van der Waals surface area contributed by atoms with Gasteiger partial charge in [0.05, 0.1) is 16.9 Å². The third-order valence-corrected chi connectivity index (χ3v) is 4.01. The average molecular weight is 278 g/mol. The first-order chi connectivity index (χ1) is 9.27. The smallest absolute Gasteiger partial charge is 0.494 e. The summed E-state index contributed by atoms with van der Waals surface area (Å²) >= 11 is 0. The van der Waals surface area contributed by atoms with Crippen LogP contribution in [0.25, 0.3) is 0 Å². The van der Waals surface area contributed by atoms with Crippen molar-refractivity contribution in [2.24, 2.45) is 5.73 Å². The number of nitrogens with one attached hydrogen (secondary N) is 1. The molecule has 0 radical (unpaired) electrons. The molecule has 6 heteroatoms. The van der Waals surface area contributed by atoms with Gasteiger partial charge in [0.15, 0.2) is 0 Å². The minimum atomic E-state index is -0.463. The van der Waals surface area contributed by atoms with Gasteiger partial charge in [0.25, 0.3) is 0 Å². The first kappa shape index (κ1) is 15.2. The molecule has 110 valence electrons. The van der Waals surface area contributed by atoms with Crippen molar-refractivity contribution in [2.45, 2.75) is 38.9 Å². The number of phenols is 1. The fraction of sp³-hybridized carbons (Fsp3) is 0.571. The summed E-state index contributed by atoms with van der Waals surface area (Å²) in [7, 11) is -0.463.